The lowest BCUT2D eigenvalue weighted by Crippen LogP contribution is -2.20. The van der Waals surface area contributed by atoms with Crippen LogP contribution >= 0.6 is 0 Å². The molecule has 1 aromatic heterocycles. The number of rotatable bonds is 4. The van der Waals surface area contributed by atoms with E-state index in [1.807, 2.05) is 26.1 Å². The van der Waals surface area contributed by atoms with Gasteiger partial charge in [0.25, 0.3) is 5.56 Å². The quantitative estimate of drug-likeness (QED) is 0.785. The van der Waals surface area contributed by atoms with Crippen molar-refractivity contribution in [3.63, 3.8) is 0 Å². The van der Waals surface area contributed by atoms with Crippen molar-refractivity contribution in [3.05, 3.63) is 34.2 Å². The lowest BCUT2D eigenvalue weighted by Gasteiger charge is -2.11. The zero-order valence-electron chi connectivity index (χ0n) is 8.86. The molecule has 1 aromatic rings. The van der Waals surface area contributed by atoms with Crippen LogP contribution in [0.2, 0.25) is 0 Å². The molecule has 0 saturated carbocycles. The summed E-state index contributed by atoms with van der Waals surface area (Å²) >= 11 is 0. The van der Waals surface area contributed by atoms with E-state index in [-0.39, 0.29) is 11.6 Å². The van der Waals surface area contributed by atoms with E-state index in [1.165, 1.54) is 5.56 Å². The van der Waals surface area contributed by atoms with Gasteiger partial charge >= 0.3 is 0 Å². The first-order chi connectivity index (χ1) is 6.65. The number of hydrogen-bond acceptors (Lipinski definition) is 2. The van der Waals surface area contributed by atoms with Crippen LogP contribution in [0, 0.1) is 0 Å². The molecule has 2 N–H and O–H groups in total. The van der Waals surface area contributed by atoms with Crippen molar-refractivity contribution >= 4 is 0 Å². The molecular weight excluding hydrogens is 176 g/mol. The third kappa shape index (κ3) is 2.70. The molecule has 0 unspecified atom stereocenters. The minimum Gasteiger partial charge on any atom is -0.330 e. The fourth-order valence-electron chi connectivity index (χ4n) is 1.41. The van der Waals surface area contributed by atoms with Crippen molar-refractivity contribution in [3.8, 4) is 0 Å². The van der Waals surface area contributed by atoms with Gasteiger partial charge in [0.1, 0.15) is 0 Å². The Morgan fingerprint density at radius 1 is 1.43 bits per heavy atom. The number of hydrogen-bond donors (Lipinski definition) is 1. The second-order valence-electron chi connectivity index (χ2n) is 3.77. The van der Waals surface area contributed by atoms with Crippen LogP contribution in [0.25, 0.3) is 0 Å². The Balaban J connectivity index is 2.89. The van der Waals surface area contributed by atoms with Crippen molar-refractivity contribution < 1.29 is 0 Å². The van der Waals surface area contributed by atoms with E-state index in [2.05, 4.69) is 0 Å². The fraction of sp³-hybridized carbons (Fsp3) is 0.545. The summed E-state index contributed by atoms with van der Waals surface area (Å²) in [4.78, 5) is 11.4. The molecule has 3 nitrogen and oxygen atoms in total. The van der Waals surface area contributed by atoms with Crippen LogP contribution in [0.5, 0.6) is 0 Å². The topological polar surface area (TPSA) is 48.0 Å². The molecule has 1 heterocycles. The SMILES string of the molecule is CC(C)n1cc(CCCN)ccc1=O. The minimum absolute atomic E-state index is 0.0662. The van der Waals surface area contributed by atoms with Gasteiger partial charge in [0, 0.05) is 18.3 Å². The number of nitrogens with two attached hydrogens (primary N) is 1. The molecule has 3 heteroatoms. The maximum atomic E-state index is 11.4. The van der Waals surface area contributed by atoms with E-state index in [0.29, 0.717) is 6.54 Å². The monoisotopic (exact) mass is 194 g/mol. The van der Waals surface area contributed by atoms with Crippen LogP contribution in [0.4, 0.5) is 0 Å². The molecular formula is C11H18N2O. The van der Waals surface area contributed by atoms with Gasteiger partial charge in [-0.15, -0.1) is 0 Å². The highest BCUT2D eigenvalue weighted by molar-refractivity contribution is 5.10. The third-order valence-corrected chi connectivity index (χ3v) is 2.23. The first-order valence-corrected chi connectivity index (χ1v) is 5.06. The molecule has 0 atom stereocenters. The van der Waals surface area contributed by atoms with Crippen LogP contribution in [0.1, 0.15) is 31.9 Å². The van der Waals surface area contributed by atoms with Crippen LogP contribution in [-0.4, -0.2) is 11.1 Å². The van der Waals surface area contributed by atoms with Crippen LogP contribution in [0.3, 0.4) is 0 Å². The normalized spacial score (nSPS) is 10.9. The molecule has 0 spiro atoms. The molecule has 14 heavy (non-hydrogen) atoms. The summed E-state index contributed by atoms with van der Waals surface area (Å²) in [5.74, 6) is 0. The number of aromatic nitrogens is 1. The Kier molecular flexibility index (Phi) is 3.89. The van der Waals surface area contributed by atoms with Crippen molar-refractivity contribution in [2.75, 3.05) is 6.54 Å². The third-order valence-electron chi connectivity index (χ3n) is 2.23. The summed E-state index contributed by atoms with van der Waals surface area (Å²) < 4.78 is 1.76. The standard InChI is InChI=1S/C11H18N2O/c1-9(2)13-8-10(4-3-7-12)5-6-11(13)14/h5-6,8-9H,3-4,7,12H2,1-2H3. The zero-order chi connectivity index (χ0) is 10.6. The zero-order valence-corrected chi connectivity index (χ0v) is 8.86. The predicted molar refractivity (Wildman–Crippen MR) is 58.5 cm³/mol. The molecule has 0 saturated heterocycles. The van der Waals surface area contributed by atoms with Gasteiger partial charge in [0.2, 0.25) is 0 Å². The van der Waals surface area contributed by atoms with E-state index in [4.69, 9.17) is 5.73 Å². The first-order valence-electron chi connectivity index (χ1n) is 5.06. The number of pyridine rings is 1. The van der Waals surface area contributed by atoms with E-state index in [1.54, 1.807) is 10.6 Å². The van der Waals surface area contributed by atoms with E-state index in [0.717, 1.165) is 12.8 Å². The second kappa shape index (κ2) is 4.96. The smallest absolute Gasteiger partial charge is 0.250 e. The number of nitrogens with zero attached hydrogens (tertiary/aromatic N) is 1. The van der Waals surface area contributed by atoms with E-state index in [9.17, 15) is 4.79 Å². The maximum absolute atomic E-state index is 11.4. The molecule has 0 aromatic carbocycles. The van der Waals surface area contributed by atoms with Crippen molar-refractivity contribution in [2.45, 2.75) is 32.7 Å². The summed E-state index contributed by atoms with van der Waals surface area (Å²) in [6.45, 7) is 4.71. The lowest BCUT2D eigenvalue weighted by molar-refractivity contribution is 0.573. The van der Waals surface area contributed by atoms with Gasteiger partial charge in [-0.05, 0) is 38.8 Å². The fourth-order valence-corrected chi connectivity index (χ4v) is 1.41. The van der Waals surface area contributed by atoms with Gasteiger partial charge in [0.05, 0.1) is 0 Å². The lowest BCUT2D eigenvalue weighted by atomic mass is 10.1. The van der Waals surface area contributed by atoms with Crippen LogP contribution < -0.4 is 11.3 Å². The van der Waals surface area contributed by atoms with Crippen LogP contribution in [-0.2, 0) is 6.42 Å². The second-order valence-corrected chi connectivity index (χ2v) is 3.77. The highest BCUT2D eigenvalue weighted by atomic mass is 16.1. The van der Waals surface area contributed by atoms with Gasteiger partial charge < -0.3 is 10.3 Å². The molecule has 78 valence electrons. The molecule has 0 amide bonds. The summed E-state index contributed by atoms with van der Waals surface area (Å²) in [5, 5.41) is 0. The van der Waals surface area contributed by atoms with Crippen molar-refractivity contribution in [1.82, 2.24) is 4.57 Å². The first kappa shape index (κ1) is 11.0. The van der Waals surface area contributed by atoms with Gasteiger partial charge in [-0.2, -0.15) is 0 Å². The molecule has 1 rings (SSSR count). The average molecular weight is 194 g/mol. The van der Waals surface area contributed by atoms with E-state index < -0.39 is 0 Å². The maximum Gasteiger partial charge on any atom is 0.250 e. The van der Waals surface area contributed by atoms with E-state index >= 15 is 0 Å². The van der Waals surface area contributed by atoms with Gasteiger partial charge in [-0.3, -0.25) is 4.79 Å². The Labute approximate surface area is 84.6 Å². The Morgan fingerprint density at radius 3 is 2.71 bits per heavy atom. The Bertz CT molecular complexity index is 341. The molecule has 0 aliphatic heterocycles. The molecule has 0 aliphatic carbocycles. The molecule has 0 radical (unpaired) electrons. The summed E-state index contributed by atoms with van der Waals surface area (Å²) in [6, 6.07) is 3.74. The Hall–Kier alpha value is -1.09. The number of aryl methyl sites for hydroxylation is 1. The van der Waals surface area contributed by atoms with Crippen molar-refractivity contribution in [1.29, 1.82) is 0 Å². The van der Waals surface area contributed by atoms with Gasteiger partial charge in [-0.25, -0.2) is 0 Å². The molecule has 0 bridgehead atoms. The summed E-state index contributed by atoms with van der Waals surface area (Å²) in [7, 11) is 0. The van der Waals surface area contributed by atoms with Gasteiger partial charge in [-0.1, -0.05) is 6.07 Å². The van der Waals surface area contributed by atoms with Gasteiger partial charge in [0.15, 0.2) is 0 Å². The largest absolute Gasteiger partial charge is 0.330 e. The molecule has 0 aliphatic rings. The summed E-state index contributed by atoms with van der Waals surface area (Å²) in [6.07, 6.45) is 3.85. The Morgan fingerprint density at radius 2 is 2.14 bits per heavy atom. The highest BCUT2D eigenvalue weighted by Crippen LogP contribution is 2.04. The predicted octanol–water partition coefficient (Wildman–Crippen LogP) is 1.32. The molecule has 0 fully saturated rings. The van der Waals surface area contributed by atoms with Crippen LogP contribution in [0.15, 0.2) is 23.1 Å². The average Bonchev–Trinajstić information content (AvgIpc) is 2.16. The minimum atomic E-state index is 0.0662. The summed E-state index contributed by atoms with van der Waals surface area (Å²) in [5.41, 5.74) is 6.69. The highest BCUT2D eigenvalue weighted by Gasteiger charge is 2.01. The van der Waals surface area contributed by atoms with Crippen molar-refractivity contribution in [2.24, 2.45) is 5.73 Å².